The summed E-state index contributed by atoms with van der Waals surface area (Å²) in [5, 5.41) is 14.2. The van der Waals surface area contributed by atoms with Crippen molar-refractivity contribution in [3.8, 4) is 17.1 Å². The first-order chi connectivity index (χ1) is 25.3. The van der Waals surface area contributed by atoms with E-state index in [1.807, 2.05) is 24.3 Å². The highest BCUT2D eigenvalue weighted by atomic mass is 19.1. The maximum Gasteiger partial charge on any atom is 0.331 e. The summed E-state index contributed by atoms with van der Waals surface area (Å²) in [7, 11) is 3.42. The average Bonchev–Trinajstić information content (AvgIpc) is 3.68. The Morgan fingerprint density at radius 3 is 2.52 bits per heavy atom. The lowest BCUT2D eigenvalue weighted by Gasteiger charge is -2.40. The third-order valence-electron chi connectivity index (χ3n) is 8.91. The van der Waals surface area contributed by atoms with Gasteiger partial charge in [0.05, 0.1) is 19.3 Å². The van der Waals surface area contributed by atoms with Crippen molar-refractivity contribution in [2.45, 2.75) is 50.6 Å². The topological polar surface area (TPSA) is 153 Å². The summed E-state index contributed by atoms with van der Waals surface area (Å²) in [6, 6.07) is 15.6. The van der Waals surface area contributed by atoms with E-state index in [4.69, 9.17) is 19.2 Å². The van der Waals surface area contributed by atoms with Gasteiger partial charge in [-0.3, -0.25) is 14.9 Å². The van der Waals surface area contributed by atoms with Crippen LogP contribution in [0.2, 0.25) is 0 Å². The van der Waals surface area contributed by atoms with Crippen LogP contribution in [0, 0.1) is 5.82 Å². The Morgan fingerprint density at radius 1 is 0.942 bits per heavy atom. The molecule has 3 N–H and O–H groups in total. The number of H-pyrrole nitrogens is 1. The van der Waals surface area contributed by atoms with Crippen LogP contribution in [0.1, 0.15) is 60.3 Å². The van der Waals surface area contributed by atoms with Gasteiger partial charge in [0, 0.05) is 74.2 Å². The van der Waals surface area contributed by atoms with Gasteiger partial charge in [-0.15, -0.1) is 0 Å². The van der Waals surface area contributed by atoms with Crippen LogP contribution in [0.5, 0.6) is 5.75 Å². The van der Waals surface area contributed by atoms with Crippen LogP contribution < -0.4 is 15.4 Å². The fourth-order valence-corrected chi connectivity index (χ4v) is 5.85. The van der Waals surface area contributed by atoms with Gasteiger partial charge in [-0.1, -0.05) is 6.07 Å². The predicted molar refractivity (Wildman–Crippen MR) is 193 cm³/mol. The van der Waals surface area contributed by atoms with E-state index in [-0.39, 0.29) is 19.1 Å². The Bertz CT molecular complexity index is 1710. The number of amides is 1. The number of aromatic amines is 1. The third-order valence-corrected chi connectivity index (χ3v) is 8.91. The number of nitrogens with one attached hydrogen (secondary N) is 3. The lowest BCUT2D eigenvalue weighted by molar-refractivity contribution is -0.146. The van der Waals surface area contributed by atoms with Gasteiger partial charge < -0.3 is 34.5 Å². The predicted octanol–water partition coefficient (Wildman–Crippen LogP) is 5.11. The summed E-state index contributed by atoms with van der Waals surface area (Å²) in [4.78, 5) is 35.5. The Hall–Kier alpha value is -4.92. The largest absolute Gasteiger partial charge is 0.494 e. The monoisotopic (exact) mass is 717 g/mol. The second-order valence-corrected chi connectivity index (χ2v) is 12.8. The number of methoxy groups -OCH3 is 1. The van der Waals surface area contributed by atoms with Crippen LogP contribution in [0.4, 0.5) is 10.1 Å². The molecule has 2 aromatic carbocycles. The molecule has 1 aliphatic rings. The van der Waals surface area contributed by atoms with E-state index in [9.17, 15) is 14.0 Å². The number of likely N-dealkylation sites (tertiary alicyclic amines) is 1. The zero-order chi connectivity index (χ0) is 36.6. The van der Waals surface area contributed by atoms with Gasteiger partial charge in [0.2, 0.25) is 0 Å². The standard InChI is InChI=1S/C38H48FN7O6/c1-46-18-14-38(15-19-46,37-42-35(44-45-37)28-12-16-40-17-13-28)43-31-9-6-8-29(24-31)36(48)41-26-30-25-32(10-11-33(30)39)52-23-5-3-4-20-50-21-7-22-51-27-34(47)49-2/h6,8-13,16-17,24-25,43H,3-5,7,14-15,18-23,26-27H2,1-2H3,(H,41,48)(H,42,44,45). The summed E-state index contributed by atoms with van der Waals surface area (Å²) < 4.78 is 35.9. The van der Waals surface area contributed by atoms with Crippen LogP contribution in [0.15, 0.2) is 67.0 Å². The van der Waals surface area contributed by atoms with Gasteiger partial charge in [0.15, 0.2) is 11.6 Å². The molecular weight excluding hydrogens is 669 g/mol. The molecule has 1 amide bonds. The number of carbonyl (C=O) groups is 2. The Morgan fingerprint density at radius 2 is 1.71 bits per heavy atom. The molecule has 2 aromatic heterocycles. The second-order valence-electron chi connectivity index (χ2n) is 12.8. The minimum Gasteiger partial charge on any atom is -0.494 e. The van der Waals surface area contributed by atoms with E-state index in [1.165, 1.54) is 13.2 Å². The number of piperidine rings is 1. The molecule has 1 aliphatic heterocycles. The SMILES string of the molecule is COC(=O)COCCCOCCCCCOc1ccc(F)c(CNC(=O)c2cccc(NC3(c4nc(-c5ccncc5)n[nH]4)CCN(C)CC3)c2)c1. The first-order valence-corrected chi connectivity index (χ1v) is 17.7. The normalized spacial score (nSPS) is 14.1. The smallest absolute Gasteiger partial charge is 0.331 e. The summed E-state index contributed by atoms with van der Waals surface area (Å²) in [6.45, 7) is 3.80. The number of hydrogen-bond donors (Lipinski definition) is 3. The number of pyridine rings is 1. The van der Waals surface area contributed by atoms with Gasteiger partial charge in [-0.05, 0) is 94.1 Å². The highest BCUT2D eigenvalue weighted by Crippen LogP contribution is 2.35. The highest BCUT2D eigenvalue weighted by molar-refractivity contribution is 5.95. The molecule has 0 spiro atoms. The maximum atomic E-state index is 14.7. The van der Waals surface area contributed by atoms with Crippen LogP contribution in [0.25, 0.3) is 11.4 Å². The van der Waals surface area contributed by atoms with Crippen molar-refractivity contribution in [1.29, 1.82) is 0 Å². The molecule has 4 aromatic rings. The van der Waals surface area contributed by atoms with Gasteiger partial charge in [-0.2, -0.15) is 5.10 Å². The van der Waals surface area contributed by atoms with Crippen molar-refractivity contribution in [2.24, 2.45) is 0 Å². The quantitative estimate of drug-likeness (QED) is 0.0826. The fourth-order valence-electron chi connectivity index (χ4n) is 5.85. The number of benzene rings is 2. The summed E-state index contributed by atoms with van der Waals surface area (Å²) in [5.74, 6) is 0.754. The zero-order valence-electron chi connectivity index (χ0n) is 29.9. The Kier molecular flexibility index (Phi) is 14.5. The van der Waals surface area contributed by atoms with Crippen molar-refractivity contribution in [2.75, 3.05) is 65.6 Å². The van der Waals surface area contributed by atoms with Crippen molar-refractivity contribution < 1.29 is 32.9 Å². The number of nitrogens with zero attached hydrogens (tertiary/aromatic N) is 4. The van der Waals surface area contributed by atoms with Gasteiger partial charge in [-0.25, -0.2) is 14.2 Å². The van der Waals surface area contributed by atoms with Crippen molar-refractivity contribution >= 4 is 17.6 Å². The van der Waals surface area contributed by atoms with E-state index < -0.39 is 17.3 Å². The Balaban J connectivity index is 1.08. The zero-order valence-corrected chi connectivity index (χ0v) is 29.9. The fraction of sp³-hybridized carbons (Fsp3) is 0.447. The van der Waals surface area contributed by atoms with Crippen LogP contribution in [0.3, 0.4) is 0 Å². The number of anilines is 1. The van der Waals surface area contributed by atoms with Crippen molar-refractivity contribution in [1.82, 2.24) is 30.4 Å². The van der Waals surface area contributed by atoms with Gasteiger partial charge >= 0.3 is 5.97 Å². The molecule has 5 rings (SSSR count). The summed E-state index contributed by atoms with van der Waals surface area (Å²) in [6.07, 6.45) is 8.33. The number of hydrogen-bond acceptors (Lipinski definition) is 11. The van der Waals surface area contributed by atoms with Crippen molar-refractivity contribution in [3.63, 3.8) is 0 Å². The number of carbonyl (C=O) groups excluding carboxylic acids is 2. The first-order valence-electron chi connectivity index (χ1n) is 17.7. The van der Waals surface area contributed by atoms with Crippen LogP contribution >= 0.6 is 0 Å². The summed E-state index contributed by atoms with van der Waals surface area (Å²) in [5.41, 5.74) is 1.92. The average molecular weight is 718 g/mol. The molecule has 1 saturated heterocycles. The number of unbranched alkanes of at least 4 members (excludes halogenated alkanes) is 2. The summed E-state index contributed by atoms with van der Waals surface area (Å²) >= 11 is 0. The van der Waals surface area contributed by atoms with Crippen LogP contribution in [-0.2, 0) is 31.1 Å². The minimum absolute atomic E-state index is 0.0106. The van der Waals surface area contributed by atoms with E-state index in [1.54, 1.807) is 36.7 Å². The molecule has 13 nitrogen and oxygen atoms in total. The first kappa shape index (κ1) is 38.3. The highest BCUT2D eigenvalue weighted by Gasteiger charge is 2.39. The molecule has 1 fully saturated rings. The molecule has 278 valence electrons. The minimum atomic E-state index is -0.512. The molecule has 0 unspecified atom stereocenters. The molecule has 0 radical (unpaired) electrons. The van der Waals surface area contributed by atoms with E-state index in [0.717, 1.165) is 62.3 Å². The third kappa shape index (κ3) is 11.3. The van der Waals surface area contributed by atoms with E-state index in [0.29, 0.717) is 55.5 Å². The number of aromatic nitrogens is 4. The lowest BCUT2D eigenvalue weighted by atomic mass is 9.86. The maximum absolute atomic E-state index is 14.7. The molecule has 0 atom stereocenters. The number of ether oxygens (including phenoxy) is 4. The molecule has 14 heteroatoms. The lowest BCUT2D eigenvalue weighted by Crippen LogP contribution is -2.46. The number of rotatable bonds is 20. The van der Waals surface area contributed by atoms with E-state index in [2.05, 4.69) is 42.5 Å². The number of halogens is 1. The number of esters is 1. The molecule has 0 saturated carbocycles. The van der Waals surface area contributed by atoms with Crippen LogP contribution in [-0.4, -0.2) is 97.2 Å². The molecule has 0 bridgehead atoms. The van der Waals surface area contributed by atoms with Crippen molar-refractivity contribution in [3.05, 3.63) is 89.8 Å². The van der Waals surface area contributed by atoms with Gasteiger partial charge in [0.25, 0.3) is 5.91 Å². The van der Waals surface area contributed by atoms with Gasteiger partial charge in [0.1, 0.15) is 18.2 Å². The molecule has 0 aliphatic carbocycles. The van der Waals surface area contributed by atoms with E-state index >= 15 is 0 Å². The molecule has 3 heterocycles. The second kappa shape index (κ2) is 19.6. The molecule has 52 heavy (non-hydrogen) atoms. The molecular formula is C38H48FN7O6. The Labute approximate surface area is 303 Å².